The molecule has 0 radical (unpaired) electrons. The molecular formula is C21H43N3O3. The number of quaternary nitrogens is 1. The number of hydroxylamine groups is 3. The molecule has 0 aliphatic rings. The van der Waals surface area contributed by atoms with Crippen LogP contribution in [0, 0.1) is 5.21 Å². The van der Waals surface area contributed by atoms with Crippen LogP contribution in [0.1, 0.15) is 90.4 Å². The summed E-state index contributed by atoms with van der Waals surface area (Å²) in [6.45, 7) is 3.82. The smallest absolute Gasteiger partial charge is 0.220 e. The summed E-state index contributed by atoms with van der Waals surface area (Å²) in [7, 11) is 3.19. The number of hydrogen-bond acceptors (Lipinski definition) is 3. The third-order valence-electron chi connectivity index (χ3n) is 4.61. The topological polar surface area (TPSA) is 81.3 Å². The van der Waals surface area contributed by atoms with Crippen molar-refractivity contribution >= 4 is 11.8 Å². The zero-order valence-corrected chi connectivity index (χ0v) is 18.0. The number of hydrogen-bond donors (Lipinski definition) is 2. The normalized spacial score (nSPS) is 11.4. The van der Waals surface area contributed by atoms with Gasteiger partial charge in [-0.1, -0.05) is 58.3 Å². The summed E-state index contributed by atoms with van der Waals surface area (Å²) in [6, 6.07) is 0. The fraction of sp³-hybridized carbons (Fsp3) is 0.905. The van der Waals surface area contributed by atoms with Gasteiger partial charge < -0.3 is 20.5 Å². The quantitative estimate of drug-likeness (QED) is 0.213. The minimum absolute atomic E-state index is 0.0145. The van der Waals surface area contributed by atoms with Gasteiger partial charge in [0.15, 0.2) is 0 Å². The lowest BCUT2D eigenvalue weighted by Crippen LogP contribution is -2.35. The SMILES string of the molecule is CCCCCCCCCCCC(=O)NCCCC(=O)NCCC[N+](C)(C)[O-]. The first-order chi connectivity index (χ1) is 12.8. The van der Waals surface area contributed by atoms with Gasteiger partial charge in [0.1, 0.15) is 0 Å². The van der Waals surface area contributed by atoms with Crippen LogP contribution in [0.2, 0.25) is 0 Å². The van der Waals surface area contributed by atoms with Crippen LogP contribution in [0.3, 0.4) is 0 Å². The van der Waals surface area contributed by atoms with E-state index in [-0.39, 0.29) is 16.5 Å². The first-order valence-corrected chi connectivity index (χ1v) is 10.9. The minimum atomic E-state index is -0.332. The van der Waals surface area contributed by atoms with Crippen molar-refractivity contribution in [2.75, 3.05) is 33.7 Å². The molecule has 0 bridgehead atoms. The fourth-order valence-corrected chi connectivity index (χ4v) is 2.94. The van der Waals surface area contributed by atoms with Gasteiger partial charge in [0.25, 0.3) is 0 Å². The Morgan fingerprint density at radius 2 is 1.15 bits per heavy atom. The van der Waals surface area contributed by atoms with Gasteiger partial charge in [-0.3, -0.25) is 9.59 Å². The summed E-state index contributed by atoms with van der Waals surface area (Å²) in [5.74, 6) is 0.0770. The first kappa shape index (κ1) is 25.9. The molecule has 0 heterocycles. The van der Waals surface area contributed by atoms with Crippen LogP contribution in [0.5, 0.6) is 0 Å². The van der Waals surface area contributed by atoms with Crippen molar-refractivity contribution in [1.29, 1.82) is 0 Å². The molecule has 6 heteroatoms. The largest absolute Gasteiger partial charge is 0.633 e. The van der Waals surface area contributed by atoms with E-state index in [1.54, 1.807) is 14.1 Å². The molecule has 0 fully saturated rings. The second kappa shape index (κ2) is 17.0. The maximum absolute atomic E-state index is 11.8. The summed E-state index contributed by atoms with van der Waals surface area (Å²) in [4.78, 5) is 23.4. The average Bonchev–Trinajstić information content (AvgIpc) is 2.60. The average molecular weight is 386 g/mol. The molecule has 2 amide bonds. The molecule has 0 rings (SSSR count). The Balaban J connectivity index is 3.37. The van der Waals surface area contributed by atoms with Crippen molar-refractivity contribution in [1.82, 2.24) is 10.6 Å². The molecule has 0 aliphatic heterocycles. The summed E-state index contributed by atoms with van der Waals surface area (Å²) >= 11 is 0. The van der Waals surface area contributed by atoms with E-state index in [2.05, 4.69) is 17.6 Å². The molecule has 0 aromatic heterocycles. The molecule has 0 saturated heterocycles. The molecule has 0 unspecified atom stereocenters. The summed E-state index contributed by atoms with van der Waals surface area (Å²) in [6.07, 6.45) is 13.6. The second-order valence-corrected chi connectivity index (χ2v) is 8.03. The van der Waals surface area contributed by atoms with E-state index in [0.29, 0.717) is 45.3 Å². The van der Waals surface area contributed by atoms with Crippen LogP contribution in [-0.2, 0) is 9.59 Å². The van der Waals surface area contributed by atoms with E-state index >= 15 is 0 Å². The first-order valence-electron chi connectivity index (χ1n) is 10.9. The molecule has 0 aliphatic carbocycles. The van der Waals surface area contributed by atoms with Crippen molar-refractivity contribution in [3.8, 4) is 0 Å². The Morgan fingerprint density at radius 1 is 0.704 bits per heavy atom. The standard InChI is InChI=1S/C21H43N3O3/c1-4-5-6-7-8-9-10-11-12-15-20(25)22-17-13-16-21(26)23-18-14-19-24(2,3)27/h4-19H2,1-3H3,(H,22,25)(H,23,26). The Labute approximate surface area is 166 Å². The van der Waals surface area contributed by atoms with Crippen LogP contribution in [0.25, 0.3) is 0 Å². The maximum atomic E-state index is 11.8. The zero-order chi connectivity index (χ0) is 20.4. The summed E-state index contributed by atoms with van der Waals surface area (Å²) < 4.78 is -0.332. The van der Waals surface area contributed by atoms with Crippen LogP contribution in [0.4, 0.5) is 0 Å². The molecule has 2 N–H and O–H groups in total. The lowest BCUT2D eigenvalue weighted by atomic mass is 10.1. The van der Waals surface area contributed by atoms with E-state index < -0.39 is 0 Å². The summed E-state index contributed by atoms with van der Waals surface area (Å²) in [5, 5.41) is 17.1. The van der Waals surface area contributed by atoms with E-state index in [1.807, 2.05) is 0 Å². The number of carbonyl (C=O) groups is 2. The monoisotopic (exact) mass is 385 g/mol. The highest BCUT2D eigenvalue weighted by atomic mass is 16.5. The van der Waals surface area contributed by atoms with Crippen molar-refractivity contribution in [2.45, 2.75) is 90.4 Å². The van der Waals surface area contributed by atoms with Gasteiger partial charge >= 0.3 is 0 Å². The predicted molar refractivity (Wildman–Crippen MR) is 112 cm³/mol. The zero-order valence-electron chi connectivity index (χ0n) is 18.0. The van der Waals surface area contributed by atoms with Crippen molar-refractivity contribution < 1.29 is 14.2 Å². The number of nitrogens with zero attached hydrogens (tertiary/aromatic N) is 1. The van der Waals surface area contributed by atoms with Crippen LogP contribution < -0.4 is 10.6 Å². The van der Waals surface area contributed by atoms with Crippen LogP contribution in [-0.4, -0.2) is 50.2 Å². The number of unbranched alkanes of at least 4 members (excludes halogenated alkanes) is 8. The van der Waals surface area contributed by atoms with E-state index in [4.69, 9.17) is 0 Å². The lowest BCUT2D eigenvalue weighted by Gasteiger charge is -2.33. The molecule has 6 nitrogen and oxygen atoms in total. The Hall–Kier alpha value is -1.14. The minimum Gasteiger partial charge on any atom is -0.633 e. The Morgan fingerprint density at radius 3 is 1.67 bits per heavy atom. The highest BCUT2D eigenvalue weighted by molar-refractivity contribution is 5.77. The van der Waals surface area contributed by atoms with E-state index in [9.17, 15) is 14.8 Å². The van der Waals surface area contributed by atoms with Gasteiger partial charge in [-0.2, -0.15) is 0 Å². The van der Waals surface area contributed by atoms with Crippen molar-refractivity contribution in [3.05, 3.63) is 5.21 Å². The molecule has 27 heavy (non-hydrogen) atoms. The Kier molecular flexibility index (Phi) is 16.3. The van der Waals surface area contributed by atoms with Gasteiger partial charge in [-0.15, -0.1) is 0 Å². The molecule has 0 atom stereocenters. The van der Waals surface area contributed by atoms with Gasteiger partial charge in [-0.25, -0.2) is 0 Å². The molecule has 0 aromatic carbocycles. The molecule has 0 saturated carbocycles. The molecule has 0 aromatic rings. The van der Waals surface area contributed by atoms with E-state index in [0.717, 1.165) is 12.8 Å². The van der Waals surface area contributed by atoms with Gasteiger partial charge in [0, 0.05) is 32.4 Å². The third-order valence-corrected chi connectivity index (χ3v) is 4.61. The highest BCUT2D eigenvalue weighted by Crippen LogP contribution is 2.10. The fourth-order valence-electron chi connectivity index (χ4n) is 2.94. The molecular weight excluding hydrogens is 342 g/mol. The number of nitrogens with one attached hydrogen (secondary N) is 2. The number of amides is 2. The van der Waals surface area contributed by atoms with Crippen LogP contribution in [0.15, 0.2) is 0 Å². The van der Waals surface area contributed by atoms with Gasteiger partial charge in [0.2, 0.25) is 11.8 Å². The molecule has 160 valence electrons. The number of carbonyl (C=O) groups excluding carboxylic acids is 2. The third kappa shape index (κ3) is 21.0. The van der Waals surface area contributed by atoms with E-state index in [1.165, 1.54) is 44.9 Å². The Bertz CT molecular complexity index is 381. The second-order valence-electron chi connectivity index (χ2n) is 8.03. The lowest BCUT2D eigenvalue weighted by molar-refractivity contribution is -0.840. The predicted octanol–water partition coefficient (Wildman–Crippen LogP) is 3.88. The summed E-state index contributed by atoms with van der Waals surface area (Å²) in [5.41, 5.74) is 0. The van der Waals surface area contributed by atoms with Crippen molar-refractivity contribution in [3.63, 3.8) is 0 Å². The van der Waals surface area contributed by atoms with Crippen LogP contribution >= 0.6 is 0 Å². The molecule has 0 spiro atoms. The number of rotatable bonds is 18. The highest BCUT2D eigenvalue weighted by Gasteiger charge is 2.05. The van der Waals surface area contributed by atoms with Gasteiger partial charge in [0.05, 0.1) is 20.6 Å². The maximum Gasteiger partial charge on any atom is 0.220 e. The van der Waals surface area contributed by atoms with Crippen molar-refractivity contribution in [2.24, 2.45) is 0 Å². The van der Waals surface area contributed by atoms with Gasteiger partial charge in [-0.05, 0) is 12.8 Å².